The second-order valence-corrected chi connectivity index (χ2v) is 5.52. The van der Waals surface area contributed by atoms with E-state index in [9.17, 15) is 0 Å². The van der Waals surface area contributed by atoms with Crippen molar-refractivity contribution in [2.45, 2.75) is 37.0 Å². The Labute approximate surface area is 101 Å². The van der Waals surface area contributed by atoms with Gasteiger partial charge in [-0.1, -0.05) is 12.5 Å². The number of fused-ring (bicyclic) bond motifs is 1. The first-order chi connectivity index (χ1) is 7.81. The standard InChI is InChI=1S/C14H17NS/c1-9-13-11(7-4-8-12(13)16-2)15-14(9)10-5-3-6-10/h4,7-8,10,15H,3,5-6H2,1-2H3. The van der Waals surface area contributed by atoms with E-state index in [-0.39, 0.29) is 0 Å². The van der Waals surface area contributed by atoms with Crippen LogP contribution in [0, 0.1) is 6.92 Å². The number of nitrogens with one attached hydrogen (secondary N) is 1. The van der Waals surface area contributed by atoms with Crippen molar-refractivity contribution < 1.29 is 0 Å². The van der Waals surface area contributed by atoms with Crippen molar-refractivity contribution >= 4 is 22.7 Å². The van der Waals surface area contributed by atoms with Gasteiger partial charge in [0.25, 0.3) is 0 Å². The Balaban J connectivity index is 2.21. The molecule has 84 valence electrons. The van der Waals surface area contributed by atoms with Gasteiger partial charge in [0.15, 0.2) is 0 Å². The number of H-pyrrole nitrogens is 1. The summed E-state index contributed by atoms with van der Waals surface area (Å²) in [7, 11) is 0. The van der Waals surface area contributed by atoms with Crippen LogP contribution in [0.4, 0.5) is 0 Å². The van der Waals surface area contributed by atoms with Gasteiger partial charge in [0.1, 0.15) is 0 Å². The molecule has 0 unspecified atom stereocenters. The zero-order valence-corrected chi connectivity index (χ0v) is 10.7. The van der Waals surface area contributed by atoms with E-state index in [1.807, 2.05) is 11.8 Å². The van der Waals surface area contributed by atoms with Gasteiger partial charge < -0.3 is 4.98 Å². The van der Waals surface area contributed by atoms with Crippen LogP contribution in [0.2, 0.25) is 0 Å². The minimum atomic E-state index is 0.794. The summed E-state index contributed by atoms with van der Waals surface area (Å²) >= 11 is 1.84. The first kappa shape index (κ1) is 10.3. The normalized spacial score (nSPS) is 16.6. The molecule has 0 atom stereocenters. The molecule has 0 saturated heterocycles. The van der Waals surface area contributed by atoms with Crippen LogP contribution in [-0.2, 0) is 0 Å². The smallest absolute Gasteiger partial charge is 0.0470 e. The van der Waals surface area contributed by atoms with Crippen LogP contribution in [0.1, 0.15) is 36.4 Å². The quantitative estimate of drug-likeness (QED) is 0.754. The van der Waals surface area contributed by atoms with Gasteiger partial charge in [-0.3, -0.25) is 0 Å². The largest absolute Gasteiger partial charge is 0.358 e. The highest BCUT2D eigenvalue weighted by Crippen LogP contribution is 2.41. The van der Waals surface area contributed by atoms with E-state index in [2.05, 4.69) is 36.4 Å². The van der Waals surface area contributed by atoms with Crippen molar-refractivity contribution in [1.82, 2.24) is 4.98 Å². The third kappa shape index (κ3) is 1.40. The van der Waals surface area contributed by atoms with Crippen molar-refractivity contribution in [3.63, 3.8) is 0 Å². The van der Waals surface area contributed by atoms with Gasteiger partial charge in [0, 0.05) is 21.5 Å². The maximum absolute atomic E-state index is 3.63. The van der Waals surface area contributed by atoms with Gasteiger partial charge in [-0.15, -0.1) is 11.8 Å². The molecule has 1 N–H and O–H groups in total. The van der Waals surface area contributed by atoms with Crippen LogP contribution >= 0.6 is 11.8 Å². The van der Waals surface area contributed by atoms with Gasteiger partial charge in [-0.25, -0.2) is 0 Å². The molecule has 1 aromatic heterocycles. The molecule has 1 aliphatic rings. The van der Waals surface area contributed by atoms with Crippen LogP contribution in [0.15, 0.2) is 23.1 Å². The van der Waals surface area contributed by atoms with E-state index in [1.165, 1.54) is 46.3 Å². The van der Waals surface area contributed by atoms with Gasteiger partial charge in [0.05, 0.1) is 0 Å². The highest BCUT2D eigenvalue weighted by Gasteiger charge is 2.24. The predicted molar refractivity (Wildman–Crippen MR) is 71.4 cm³/mol. The molecule has 1 aliphatic carbocycles. The molecule has 1 fully saturated rings. The second kappa shape index (κ2) is 3.85. The summed E-state index contributed by atoms with van der Waals surface area (Å²) < 4.78 is 0. The molecule has 2 aromatic rings. The number of hydrogen-bond donors (Lipinski definition) is 1. The van der Waals surface area contributed by atoms with Gasteiger partial charge in [-0.2, -0.15) is 0 Å². The summed E-state index contributed by atoms with van der Waals surface area (Å²) in [5, 5.41) is 1.44. The molecule has 16 heavy (non-hydrogen) atoms. The second-order valence-electron chi connectivity index (χ2n) is 4.67. The molecule has 1 heterocycles. The third-order valence-electron chi connectivity index (χ3n) is 3.81. The lowest BCUT2D eigenvalue weighted by atomic mass is 9.81. The monoisotopic (exact) mass is 231 g/mol. The third-order valence-corrected chi connectivity index (χ3v) is 4.59. The zero-order valence-electron chi connectivity index (χ0n) is 9.84. The van der Waals surface area contributed by atoms with Gasteiger partial charge in [-0.05, 0) is 49.6 Å². The summed E-state index contributed by atoms with van der Waals surface area (Å²) in [6.07, 6.45) is 6.28. The number of aryl methyl sites for hydroxylation is 1. The van der Waals surface area contributed by atoms with E-state index in [0.29, 0.717) is 0 Å². The number of benzene rings is 1. The summed E-state index contributed by atoms with van der Waals surface area (Å²) in [6.45, 7) is 2.27. The zero-order chi connectivity index (χ0) is 11.1. The van der Waals surface area contributed by atoms with E-state index in [4.69, 9.17) is 0 Å². The van der Waals surface area contributed by atoms with E-state index in [1.54, 1.807) is 0 Å². The molecular formula is C14H17NS. The highest BCUT2D eigenvalue weighted by atomic mass is 32.2. The average molecular weight is 231 g/mol. The lowest BCUT2D eigenvalue weighted by molar-refractivity contribution is 0.411. The molecule has 0 amide bonds. The summed E-state index contributed by atoms with van der Waals surface area (Å²) in [5.41, 5.74) is 4.28. The maximum Gasteiger partial charge on any atom is 0.0470 e. The van der Waals surface area contributed by atoms with Crippen molar-refractivity contribution in [3.05, 3.63) is 29.5 Å². The number of rotatable bonds is 2. The van der Waals surface area contributed by atoms with Gasteiger partial charge in [0.2, 0.25) is 0 Å². The number of hydrogen-bond acceptors (Lipinski definition) is 1. The fraction of sp³-hybridized carbons (Fsp3) is 0.429. The Hall–Kier alpha value is -0.890. The van der Waals surface area contributed by atoms with Crippen molar-refractivity contribution in [1.29, 1.82) is 0 Å². The molecule has 1 saturated carbocycles. The van der Waals surface area contributed by atoms with Crippen LogP contribution in [0.3, 0.4) is 0 Å². The SMILES string of the molecule is CSc1cccc2[nH]c(C3CCC3)c(C)c12. The Bertz CT molecular complexity index is 523. The Morgan fingerprint density at radius 2 is 2.12 bits per heavy atom. The van der Waals surface area contributed by atoms with Crippen molar-refractivity contribution in [2.75, 3.05) is 6.26 Å². The summed E-state index contributed by atoms with van der Waals surface area (Å²) in [4.78, 5) is 5.03. The topological polar surface area (TPSA) is 15.8 Å². The fourth-order valence-electron chi connectivity index (χ4n) is 2.67. The van der Waals surface area contributed by atoms with Gasteiger partial charge >= 0.3 is 0 Å². The Kier molecular flexibility index (Phi) is 2.47. The molecule has 1 nitrogen and oxygen atoms in total. The van der Waals surface area contributed by atoms with Crippen LogP contribution < -0.4 is 0 Å². The lowest BCUT2D eigenvalue weighted by Crippen LogP contribution is -2.10. The lowest BCUT2D eigenvalue weighted by Gasteiger charge is -2.25. The number of aromatic nitrogens is 1. The predicted octanol–water partition coefficient (Wildman–Crippen LogP) is 4.47. The summed E-state index contributed by atoms with van der Waals surface area (Å²) in [5.74, 6) is 0.794. The first-order valence-electron chi connectivity index (χ1n) is 5.96. The first-order valence-corrected chi connectivity index (χ1v) is 7.19. The average Bonchev–Trinajstić information content (AvgIpc) is 2.54. The molecule has 3 rings (SSSR count). The van der Waals surface area contributed by atoms with E-state index >= 15 is 0 Å². The Morgan fingerprint density at radius 1 is 1.31 bits per heavy atom. The number of thioether (sulfide) groups is 1. The molecule has 1 aromatic carbocycles. The molecule has 0 spiro atoms. The molecule has 0 aliphatic heterocycles. The molecular weight excluding hydrogens is 214 g/mol. The van der Waals surface area contributed by atoms with E-state index in [0.717, 1.165) is 5.92 Å². The minimum Gasteiger partial charge on any atom is -0.358 e. The summed E-state index contributed by atoms with van der Waals surface area (Å²) in [6, 6.07) is 6.57. The van der Waals surface area contributed by atoms with Crippen molar-refractivity contribution in [3.8, 4) is 0 Å². The Morgan fingerprint density at radius 3 is 2.75 bits per heavy atom. The molecule has 0 radical (unpaired) electrons. The van der Waals surface area contributed by atoms with E-state index < -0.39 is 0 Å². The van der Waals surface area contributed by atoms with Crippen LogP contribution in [0.5, 0.6) is 0 Å². The van der Waals surface area contributed by atoms with Crippen molar-refractivity contribution in [2.24, 2.45) is 0 Å². The number of aromatic amines is 1. The fourth-order valence-corrected chi connectivity index (χ4v) is 3.35. The molecule has 0 bridgehead atoms. The highest BCUT2D eigenvalue weighted by molar-refractivity contribution is 7.98. The minimum absolute atomic E-state index is 0.794. The molecule has 2 heteroatoms. The van der Waals surface area contributed by atoms with Crippen LogP contribution in [0.25, 0.3) is 10.9 Å². The maximum atomic E-state index is 3.63. The van der Waals surface area contributed by atoms with Crippen LogP contribution in [-0.4, -0.2) is 11.2 Å².